The minimum absolute atomic E-state index is 0.133. The van der Waals surface area contributed by atoms with Crippen molar-refractivity contribution in [2.45, 2.75) is 19.4 Å². The number of benzene rings is 2. The first-order chi connectivity index (χ1) is 14.2. The minimum atomic E-state index is -0.682. The predicted molar refractivity (Wildman–Crippen MR) is 107 cm³/mol. The lowest BCUT2D eigenvalue weighted by Gasteiger charge is -2.21. The average Bonchev–Trinajstić information content (AvgIpc) is 2.73. The van der Waals surface area contributed by atoms with Crippen molar-refractivity contribution in [1.82, 2.24) is 19.5 Å². The van der Waals surface area contributed by atoms with Gasteiger partial charge in [-0.2, -0.15) is 4.98 Å². The molecule has 8 nitrogen and oxygen atoms in total. The molecule has 1 N–H and O–H groups in total. The van der Waals surface area contributed by atoms with E-state index < -0.39 is 11.2 Å². The Balaban J connectivity index is 1.65. The van der Waals surface area contributed by atoms with Crippen LogP contribution in [0.1, 0.15) is 12.0 Å². The van der Waals surface area contributed by atoms with Gasteiger partial charge in [0.15, 0.2) is 23.0 Å². The highest BCUT2D eigenvalue weighted by Gasteiger charge is 2.21. The van der Waals surface area contributed by atoms with Gasteiger partial charge in [0.25, 0.3) is 5.56 Å². The van der Waals surface area contributed by atoms with E-state index in [2.05, 4.69) is 27.1 Å². The number of rotatable bonds is 4. The topological polar surface area (TPSA) is 99.1 Å². The van der Waals surface area contributed by atoms with E-state index in [1.807, 2.05) is 28.8 Å². The average molecular weight is 390 g/mol. The lowest BCUT2D eigenvalue weighted by atomic mass is 10.1. The SMILES string of the molecule is O=c1nc2n(CCCc3ccccc3)c3cc4c(cc3nc-2c(=O)[nH]1)OCCO4. The molecule has 146 valence electrons. The van der Waals surface area contributed by atoms with Gasteiger partial charge in [-0.3, -0.25) is 9.78 Å². The highest BCUT2D eigenvalue weighted by molar-refractivity contribution is 5.83. The Morgan fingerprint density at radius 3 is 2.55 bits per heavy atom. The quantitative estimate of drug-likeness (QED) is 0.535. The largest absolute Gasteiger partial charge is 0.486 e. The smallest absolute Gasteiger partial charge is 0.349 e. The molecule has 3 aliphatic rings. The van der Waals surface area contributed by atoms with Gasteiger partial charge in [-0.05, 0) is 18.4 Å². The van der Waals surface area contributed by atoms with Crippen molar-refractivity contribution in [2.24, 2.45) is 0 Å². The molecule has 0 aromatic heterocycles. The van der Waals surface area contributed by atoms with Crippen molar-refractivity contribution < 1.29 is 9.47 Å². The summed E-state index contributed by atoms with van der Waals surface area (Å²) in [5.41, 5.74) is 1.46. The third kappa shape index (κ3) is 3.22. The number of aromatic amines is 1. The van der Waals surface area contributed by atoms with E-state index in [0.717, 1.165) is 18.4 Å². The fraction of sp³-hybridized carbons (Fsp3) is 0.238. The summed E-state index contributed by atoms with van der Waals surface area (Å²) in [5.74, 6) is 1.49. The molecular formula is C21H18N4O4. The fourth-order valence-electron chi connectivity index (χ4n) is 3.64. The van der Waals surface area contributed by atoms with Crippen molar-refractivity contribution in [1.29, 1.82) is 0 Å². The summed E-state index contributed by atoms with van der Waals surface area (Å²) in [6.45, 7) is 1.50. The maximum absolute atomic E-state index is 12.4. The molecule has 0 spiro atoms. The molecule has 0 radical (unpaired) electrons. The van der Waals surface area contributed by atoms with Crippen molar-refractivity contribution in [3.8, 4) is 23.0 Å². The summed E-state index contributed by atoms with van der Waals surface area (Å²) in [5, 5.41) is 0. The molecule has 0 amide bonds. The maximum atomic E-state index is 12.4. The Morgan fingerprint density at radius 1 is 1.00 bits per heavy atom. The monoisotopic (exact) mass is 390 g/mol. The molecule has 3 aliphatic heterocycles. The van der Waals surface area contributed by atoms with Gasteiger partial charge in [0, 0.05) is 18.7 Å². The molecule has 2 aromatic rings. The van der Waals surface area contributed by atoms with E-state index in [0.29, 0.717) is 36.8 Å². The molecule has 0 atom stereocenters. The zero-order valence-electron chi connectivity index (χ0n) is 15.6. The van der Waals surface area contributed by atoms with Gasteiger partial charge in [0.05, 0.1) is 11.0 Å². The van der Waals surface area contributed by atoms with Crippen LogP contribution in [0.5, 0.6) is 11.5 Å². The standard InChI is InChI=1S/C21H18N4O4/c26-20-18-19(23-21(27)24-20)25(8-4-7-13-5-2-1-3-6-13)15-12-17-16(11-14(15)22-18)28-9-10-29-17/h1-3,5-6,11-12H,4,7-10H2,(H,24,26,27). The maximum Gasteiger partial charge on any atom is 0.349 e. The van der Waals surface area contributed by atoms with Crippen LogP contribution in [0.4, 0.5) is 0 Å². The summed E-state index contributed by atoms with van der Waals surface area (Å²) in [7, 11) is 0. The summed E-state index contributed by atoms with van der Waals surface area (Å²) < 4.78 is 13.2. The third-order valence-electron chi connectivity index (χ3n) is 4.96. The second-order valence-corrected chi connectivity index (χ2v) is 6.88. The molecule has 0 unspecified atom stereocenters. The number of H-pyrrole nitrogens is 1. The van der Waals surface area contributed by atoms with Crippen LogP contribution >= 0.6 is 0 Å². The lowest BCUT2D eigenvalue weighted by molar-refractivity contribution is 0.172. The van der Waals surface area contributed by atoms with Crippen LogP contribution in [0.15, 0.2) is 52.1 Å². The van der Waals surface area contributed by atoms with E-state index in [4.69, 9.17) is 9.47 Å². The molecule has 8 heteroatoms. The van der Waals surface area contributed by atoms with Gasteiger partial charge in [-0.1, -0.05) is 30.3 Å². The highest BCUT2D eigenvalue weighted by atomic mass is 16.6. The number of nitrogens with zero attached hydrogens (tertiary/aromatic N) is 3. The van der Waals surface area contributed by atoms with Crippen LogP contribution < -0.4 is 20.7 Å². The van der Waals surface area contributed by atoms with E-state index in [1.165, 1.54) is 5.56 Å². The fourth-order valence-corrected chi connectivity index (χ4v) is 3.64. The van der Waals surface area contributed by atoms with Gasteiger partial charge in [0.2, 0.25) is 0 Å². The molecule has 3 heterocycles. The number of hydrogen-bond acceptors (Lipinski definition) is 6. The first-order valence-corrected chi connectivity index (χ1v) is 9.47. The van der Waals surface area contributed by atoms with Gasteiger partial charge < -0.3 is 14.0 Å². The molecule has 2 aromatic carbocycles. The van der Waals surface area contributed by atoms with Gasteiger partial charge in [0.1, 0.15) is 13.2 Å². The Labute approximate surface area is 165 Å². The van der Waals surface area contributed by atoms with Crippen LogP contribution in [-0.2, 0) is 13.0 Å². The van der Waals surface area contributed by atoms with Gasteiger partial charge in [-0.25, -0.2) is 9.78 Å². The van der Waals surface area contributed by atoms with E-state index in [-0.39, 0.29) is 11.5 Å². The van der Waals surface area contributed by atoms with Crippen LogP contribution in [0.3, 0.4) is 0 Å². The number of aromatic nitrogens is 4. The second-order valence-electron chi connectivity index (χ2n) is 6.88. The Hall–Kier alpha value is -3.68. The van der Waals surface area contributed by atoms with Crippen molar-refractivity contribution >= 4 is 11.0 Å². The van der Waals surface area contributed by atoms with E-state index >= 15 is 0 Å². The van der Waals surface area contributed by atoms with Crippen LogP contribution in [0, 0.1) is 0 Å². The molecule has 0 aliphatic carbocycles. The number of fused-ring (bicyclic) bond motifs is 3. The Kier molecular flexibility index (Phi) is 4.23. The molecule has 29 heavy (non-hydrogen) atoms. The Bertz CT molecular complexity index is 1280. The van der Waals surface area contributed by atoms with Gasteiger partial charge >= 0.3 is 5.69 Å². The number of aryl methyl sites for hydroxylation is 2. The molecule has 0 bridgehead atoms. The summed E-state index contributed by atoms with van der Waals surface area (Å²) in [6.07, 6.45) is 1.66. The summed E-state index contributed by atoms with van der Waals surface area (Å²) in [4.78, 5) is 34.9. The number of nitrogens with one attached hydrogen (secondary N) is 1. The van der Waals surface area contributed by atoms with Crippen LogP contribution in [-0.4, -0.2) is 32.7 Å². The van der Waals surface area contributed by atoms with Crippen LogP contribution in [0.25, 0.3) is 22.6 Å². The Morgan fingerprint density at radius 2 is 1.76 bits per heavy atom. The summed E-state index contributed by atoms with van der Waals surface area (Å²) >= 11 is 0. The van der Waals surface area contributed by atoms with Crippen molar-refractivity contribution in [3.63, 3.8) is 0 Å². The third-order valence-corrected chi connectivity index (χ3v) is 4.96. The minimum Gasteiger partial charge on any atom is -0.486 e. The zero-order chi connectivity index (χ0) is 19.8. The normalized spacial score (nSPS) is 13.1. The van der Waals surface area contributed by atoms with Gasteiger partial charge in [-0.15, -0.1) is 0 Å². The highest BCUT2D eigenvalue weighted by Crippen LogP contribution is 2.35. The first kappa shape index (κ1) is 17.4. The molecule has 0 saturated heterocycles. The molecular weight excluding hydrogens is 372 g/mol. The van der Waals surface area contributed by atoms with Crippen molar-refractivity contribution in [2.75, 3.05) is 13.2 Å². The first-order valence-electron chi connectivity index (χ1n) is 9.47. The van der Waals surface area contributed by atoms with Crippen molar-refractivity contribution in [3.05, 3.63) is 68.9 Å². The van der Waals surface area contributed by atoms with E-state index in [1.54, 1.807) is 6.07 Å². The lowest BCUT2D eigenvalue weighted by Crippen LogP contribution is -2.29. The van der Waals surface area contributed by atoms with E-state index in [9.17, 15) is 9.59 Å². The molecule has 0 fully saturated rings. The number of hydrogen-bond donors (Lipinski definition) is 1. The molecule has 0 saturated carbocycles. The number of ether oxygens (including phenoxy) is 2. The van der Waals surface area contributed by atoms with Crippen LogP contribution in [0.2, 0.25) is 0 Å². The molecule has 5 rings (SSSR count). The second kappa shape index (κ2) is 7.05. The zero-order valence-corrected chi connectivity index (χ0v) is 15.6. The summed E-state index contributed by atoms with van der Waals surface area (Å²) in [6, 6.07) is 13.8. The predicted octanol–water partition coefficient (Wildman–Crippen LogP) is 1.99.